The maximum atomic E-state index is 12.4. The van der Waals surface area contributed by atoms with Gasteiger partial charge in [-0.05, 0) is 13.0 Å². The van der Waals surface area contributed by atoms with Gasteiger partial charge in [0, 0.05) is 39.1 Å². The predicted molar refractivity (Wildman–Crippen MR) is 72.5 cm³/mol. The lowest BCUT2D eigenvalue weighted by Crippen LogP contribution is -2.54. The number of aliphatic carboxylic acids is 1. The average Bonchev–Trinajstić information content (AvgIpc) is 2.81. The van der Waals surface area contributed by atoms with Crippen molar-refractivity contribution in [1.29, 1.82) is 0 Å². The van der Waals surface area contributed by atoms with Gasteiger partial charge in [-0.3, -0.25) is 4.90 Å². The number of likely N-dealkylation sites (tertiary alicyclic amines) is 1. The molecule has 0 aliphatic carbocycles. The van der Waals surface area contributed by atoms with Gasteiger partial charge in [-0.2, -0.15) is 0 Å². The van der Waals surface area contributed by atoms with Crippen LogP contribution in [0.4, 0.5) is 4.79 Å². The fourth-order valence-corrected chi connectivity index (χ4v) is 2.92. The number of carboxylic acids is 1. The van der Waals surface area contributed by atoms with Gasteiger partial charge in [0.1, 0.15) is 6.04 Å². The Morgan fingerprint density at radius 3 is 2.40 bits per heavy atom. The summed E-state index contributed by atoms with van der Waals surface area (Å²) in [6.07, 6.45) is 0.478. The molecule has 2 rings (SSSR count). The van der Waals surface area contributed by atoms with Crippen molar-refractivity contribution in [2.24, 2.45) is 0 Å². The summed E-state index contributed by atoms with van der Waals surface area (Å²) in [5, 5.41) is 18.7. The number of urea groups is 1. The highest BCUT2D eigenvalue weighted by Crippen LogP contribution is 2.20. The standard InChI is InChI=1S/C13H23N3O4/c1-2-3-14-4-6-15(7-5-14)13(20)16-9-10(17)8-11(16)12(18)19/h10-11,17H,2-9H2,1H3,(H,18,19)/t10-,11-/m1/s1. The molecule has 0 saturated carbocycles. The van der Waals surface area contributed by atoms with Gasteiger partial charge >= 0.3 is 12.0 Å². The molecule has 2 aliphatic rings. The maximum Gasteiger partial charge on any atom is 0.326 e. The lowest BCUT2D eigenvalue weighted by Gasteiger charge is -2.37. The number of aliphatic hydroxyl groups excluding tert-OH is 1. The second-order valence-electron chi connectivity index (χ2n) is 5.51. The molecule has 2 aliphatic heterocycles. The number of carboxylic acid groups (broad SMARTS) is 1. The first kappa shape index (κ1) is 15.1. The van der Waals surface area contributed by atoms with Crippen LogP contribution in [0.1, 0.15) is 19.8 Å². The Balaban J connectivity index is 1.93. The topological polar surface area (TPSA) is 84.3 Å². The lowest BCUT2D eigenvalue weighted by atomic mass is 10.2. The number of nitrogens with zero attached hydrogens (tertiary/aromatic N) is 3. The normalized spacial score (nSPS) is 27.9. The molecule has 2 heterocycles. The predicted octanol–water partition coefficient (Wildman–Crippen LogP) is -0.346. The van der Waals surface area contributed by atoms with Crippen LogP contribution in [0.3, 0.4) is 0 Å². The number of rotatable bonds is 3. The highest BCUT2D eigenvalue weighted by molar-refractivity contribution is 5.83. The molecule has 2 saturated heterocycles. The number of piperazine rings is 1. The van der Waals surface area contributed by atoms with Gasteiger partial charge in [0.25, 0.3) is 0 Å². The van der Waals surface area contributed by atoms with Crippen LogP contribution in [0.5, 0.6) is 0 Å². The van der Waals surface area contributed by atoms with E-state index in [1.807, 2.05) is 0 Å². The van der Waals surface area contributed by atoms with Gasteiger partial charge in [0.15, 0.2) is 0 Å². The first-order valence-corrected chi connectivity index (χ1v) is 7.21. The van der Waals surface area contributed by atoms with Crippen LogP contribution in [0.2, 0.25) is 0 Å². The molecule has 2 atom stereocenters. The van der Waals surface area contributed by atoms with E-state index < -0.39 is 18.1 Å². The van der Waals surface area contributed by atoms with Crippen LogP contribution in [-0.4, -0.2) is 88.3 Å². The first-order valence-electron chi connectivity index (χ1n) is 7.21. The Hall–Kier alpha value is -1.34. The number of carbonyl (C=O) groups excluding carboxylic acids is 1. The molecule has 0 bridgehead atoms. The van der Waals surface area contributed by atoms with E-state index in [2.05, 4.69) is 11.8 Å². The number of hydrogen-bond donors (Lipinski definition) is 2. The monoisotopic (exact) mass is 285 g/mol. The van der Waals surface area contributed by atoms with E-state index in [1.165, 1.54) is 4.90 Å². The molecular formula is C13H23N3O4. The number of carbonyl (C=O) groups is 2. The van der Waals surface area contributed by atoms with Crippen LogP contribution in [0, 0.1) is 0 Å². The summed E-state index contributed by atoms with van der Waals surface area (Å²) >= 11 is 0. The maximum absolute atomic E-state index is 12.4. The fourth-order valence-electron chi connectivity index (χ4n) is 2.92. The molecule has 0 aromatic rings. The second-order valence-corrected chi connectivity index (χ2v) is 5.51. The first-order chi connectivity index (χ1) is 9.52. The molecule has 2 N–H and O–H groups in total. The minimum Gasteiger partial charge on any atom is -0.480 e. The largest absolute Gasteiger partial charge is 0.480 e. The second kappa shape index (κ2) is 6.41. The van der Waals surface area contributed by atoms with E-state index in [9.17, 15) is 14.7 Å². The van der Waals surface area contributed by atoms with Gasteiger partial charge in [0.05, 0.1) is 6.10 Å². The Morgan fingerprint density at radius 1 is 1.20 bits per heavy atom. The lowest BCUT2D eigenvalue weighted by molar-refractivity contribution is -0.141. The Kier molecular flexibility index (Phi) is 4.82. The van der Waals surface area contributed by atoms with Crippen LogP contribution < -0.4 is 0 Å². The molecule has 7 nitrogen and oxygen atoms in total. The molecular weight excluding hydrogens is 262 g/mol. The quantitative estimate of drug-likeness (QED) is 0.741. The van der Waals surface area contributed by atoms with E-state index in [1.54, 1.807) is 4.90 Å². The highest BCUT2D eigenvalue weighted by Gasteiger charge is 2.41. The SMILES string of the molecule is CCCN1CCN(C(=O)N2C[C@H](O)C[C@@H]2C(=O)O)CC1. The van der Waals surface area contributed by atoms with E-state index >= 15 is 0 Å². The van der Waals surface area contributed by atoms with Crippen LogP contribution in [0.15, 0.2) is 0 Å². The summed E-state index contributed by atoms with van der Waals surface area (Å²) in [7, 11) is 0. The Labute approximate surface area is 118 Å². The Bertz CT molecular complexity index is 369. The van der Waals surface area contributed by atoms with Gasteiger partial charge in [0.2, 0.25) is 0 Å². The van der Waals surface area contributed by atoms with Crippen molar-refractivity contribution in [2.75, 3.05) is 39.3 Å². The van der Waals surface area contributed by atoms with E-state index in [-0.39, 0.29) is 19.0 Å². The molecule has 20 heavy (non-hydrogen) atoms. The molecule has 7 heteroatoms. The number of β-amino-alcohol motifs (C(OH)–C–C–N with tert-alkyl or cyclic N) is 1. The van der Waals surface area contributed by atoms with Gasteiger partial charge < -0.3 is 20.0 Å². The van der Waals surface area contributed by atoms with Crippen molar-refractivity contribution >= 4 is 12.0 Å². The molecule has 114 valence electrons. The minimum atomic E-state index is -1.04. The molecule has 0 spiro atoms. The summed E-state index contributed by atoms with van der Waals surface area (Å²) < 4.78 is 0. The summed E-state index contributed by atoms with van der Waals surface area (Å²) in [6, 6.07) is -1.16. The van der Waals surface area contributed by atoms with Crippen molar-refractivity contribution in [2.45, 2.75) is 31.9 Å². The van der Waals surface area contributed by atoms with Crippen LogP contribution in [-0.2, 0) is 4.79 Å². The Morgan fingerprint density at radius 2 is 1.85 bits per heavy atom. The van der Waals surface area contributed by atoms with Crippen molar-refractivity contribution in [3.8, 4) is 0 Å². The zero-order chi connectivity index (χ0) is 14.7. The average molecular weight is 285 g/mol. The van der Waals surface area contributed by atoms with Crippen molar-refractivity contribution in [3.05, 3.63) is 0 Å². The summed E-state index contributed by atoms with van der Waals surface area (Å²) in [4.78, 5) is 28.8. The third-order valence-corrected chi connectivity index (χ3v) is 3.99. The van der Waals surface area contributed by atoms with E-state index in [0.29, 0.717) is 13.1 Å². The van der Waals surface area contributed by atoms with Gasteiger partial charge in [-0.15, -0.1) is 0 Å². The van der Waals surface area contributed by atoms with Crippen LogP contribution >= 0.6 is 0 Å². The van der Waals surface area contributed by atoms with Crippen molar-refractivity contribution in [1.82, 2.24) is 14.7 Å². The molecule has 0 aromatic carbocycles. The van der Waals surface area contributed by atoms with Gasteiger partial charge in [-0.25, -0.2) is 9.59 Å². The van der Waals surface area contributed by atoms with Crippen molar-refractivity contribution in [3.63, 3.8) is 0 Å². The summed E-state index contributed by atoms with van der Waals surface area (Å²) in [6.45, 7) is 6.17. The summed E-state index contributed by atoms with van der Waals surface area (Å²) in [5.74, 6) is -1.04. The summed E-state index contributed by atoms with van der Waals surface area (Å²) in [5.41, 5.74) is 0. The fraction of sp³-hybridized carbons (Fsp3) is 0.846. The van der Waals surface area contributed by atoms with Crippen molar-refractivity contribution < 1.29 is 19.8 Å². The van der Waals surface area contributed by atoms with Crippen LogP contribution in [0.25, 0.3) is 0 Å². The minimum absolute atomic E-state index is 0.116. The molecule has 0 aromatic heterocycles. The smallest absolute Gasteiger partial charge is 0.326 e. The molecule has 2 fully saturated rings. The molecule has 2 amide bonds. The molecule has 0 unspecified atom stereocenters. The number of aliphatic hydroxyl groups is 1. The molecule has 0 radical (unpaired) electrons. The zero-order valence-electron chi connectivity index (χ0n) is 11.9. The van der Waals surface area contributed by atoms with E-state index in [0.717, 1.165) is 26.1 Å². The number of hydrogen-bond acceptors (Lipinski definition) is 4. The third-order valence-electron chi connectivity index (χ3n) is 3.99. The number of amides is 2. The van der Waals surface area contributed by atoms with E-state index in [4.69, 9.17) is 5.11 Å². The third kappa shape index (κ3) is 3.21. The highest BCUT2D eigenvalue weighted by atomic mass is 16.4. The van der Waals surface area contributed by atoms with Gasteiger partial charge in [-0.1, -0.05) is 6.92 Å². The zero-order valence-corrected chi connectivity index (χ0v) is 11.9.